The van der Waals surface area contributed by atoms with Gasteiger partial charge in [-0.05, 0) is 0 Å². The minimum atomic E-state index is -0.419. The standard InChI is InChI=1S/C14H19N9O2S/c1-20(2)12-17-7(16-11(15)19-12)6-26-13-18-9-8(21(13)3)10(24)23(5)14(25)22(9)4/h6H2,1-5H3,(H2,15,16,17,19). The fraction of sp³-hybridized carbons (Fsp3) is 0.429. The van der Waals surface area contributed by atoms with Gasteiger partial charge in [-0.15, -0.1) is 0 Å². The predicted octanol–water partition coefficient (Wildman–Crippen LogP) is -0.904. The van der Waals surface area contributed by atoms with Crippen LogP contribution in [0, 0.1) is 0 Å². The second-order valence-electron chi connectivity index (χ2n) is 5.92. The molecule has 0 unspecified atom stereocenters. The van der Waals surface area contributed by atoms with E-state index in [1.165, 1.54) is 23.4 Å². The quantitative estimate of drug-likeness (QED) is 0.575. The maximum absolute atomic E-state index is 12.4. The van der Waals surface area contributed by atoms with E-state index in [4.69, 9.17) is 5.73 Å². The molecule has 0 atom stereocenters. The van der Waals surface area contributed by atoms with Crippen LogP contribution in [0.4, 0.5) is 11.9 Å². The second kappa shape index (κ2) is 6.44. The van der Waals surface area contributed by atoms with Crippen molar-refractivity contribution in [2.45, 2.75) is 10.9 Å². The van der Waals surface area contributed by atoms with Gasteiger partial charge < -0.3 is 15.2 Å². The van der Waals surface area contributed by atoms with Gasteiger partial charge in [-0.1, -0.05) is 11.8 Å². The number of aryl methyl sites for hydroxylation is 2. The van der Waals surface area contributed by atoms with Crippen molar-refractivity contribution >= 4 is 34.8 Å². The molecule has 138 valence electrons. The molecule has 11 nitrogen and oxygen atoms in total. The summed E-state index contributed by atoms with van der Waals surface area (Å²) in [4.78, 5) is 43.2. The predicted molar refractivity (Wildman–Crippen MR) is 99.3 cm³/mol. The molecule has 3 rings (SSSR count). The van der Waals surface area contributed by atoms with Crippen molar-refractivity contribution in [3.8, 4) is 0 Å². The average molecular weight is 377 g/mol. The number of thioether (sulfide) groups is 1. The number of nitrogens with two attached hydrogens (primary N) is 1. The number of anilines is 2. The molecule has 12 heteroatoms. The van der Waals surface area contributed by atoms with Crippen molar-refractivity contribution in [2.75, 3.05) is 24.7 Å². The van der Waals surface area contributed by atoms with E-state index in [0.717, 1.165) is 4.57 Å². The molecule has 2 N–H and O–H groups in total. The lowest BCUT2D eigenvalue weighted by atomic mass is 10.5. The van der Waals surface area contributed by atoms with Gasteiger partial charge in [0.25, 0.3) is 5.56 Å². The van der Waals surface area contributed by atoms with E-state index in [1.54, 1.807) is 23.6 Å². The van der Waals surface area contributed by atoms with E-state index in [-0.39, 0.29) is 11.5 Å². The summed E-state index contributed by atoms with van der Waals surface area (Å²) in [6.07, 6.45) is 0. The molecular weight excluding hydrogens is 358 g/mol. The maximum Gasteiger partial charge on any atom is 0.332 e. The van der Waals surface area contributed by atoms with Crippen LogP contribution < -0.4 is 21.9 Å². The van der Waals surface area contributed by atoms with Gasteiger partial charge in [0.05, 0.1) is 5.75 Å². The van der Waals surface area contributed by atoms with Crippen molar-refractivity contribution in [2.24, 2.45) is 21.1 Å². The molecule has 0 bridgehead atoms. The topological polar surface area (TPSA) is 130 Å². The van der Waals surface area contributed by atoms with Gasteiger partial charge in [0, 0.05) is 35.2 Å². The largest absolute Gasteiger partial charge is 0.368 e. The summed E-state index contributed by atoms with van der Waals surface area (Å²) in [5.41, 5.74) is 5.63. The first-order valence-corrected chi connectivity index (χ1v) is 8.62. The van der Waals surface area contributed by atoms with Crippen LogP contribution in [0.5, 0.6) is 0 Å². The van der Waals surface area contributed by atoms with Crippen LogP contribution in [0.1, 0.15) is 5.82 Å². The van der Waals surface area contributed by atoms with Gasteiger partial charge in [-0.2, -0.15) is 15.0 Å². The molecule has 0 spiro atoms. The second-order valence-corrected chi connectivity index (χ2v) is 6.87. The molecule has 3 aromatic rings. The number of hydrogen-bond donors (Lipinski definition) is 1. The Bertz CT molecular complexity index is 1110. The van der Waals surface area contributed by atoms with Crippen LogP contribution in [0.2, 0.25) is 0 Å². The number of nitrogen functional groups attached to an aromatic ring is 1. The first kappa shape index (κ1) is 17.9. The van der Waals surface area contributed by atoms with Gasteiger partial charge in [-0.25, -0.2) is 9.78 Å². The van der Waals surface area contributed by atoms with Crippen LogP contribution in [-0.2, 0) is 26.9 Å². The van der Waals surface area contributed by atoms with E-state index in [9.17, 15) is 9.59 Å². The van der Waals surface area contributed by atoms with Crippen molar-refractivity contribution in [3.05, 3.63) is 26.7 Å². The zero-order chi connectivity index (χ0) is 19.2. The Morgan fingerprint density at radius 3 is 2.35 bits per heavy atom. The minimum absolute atomic E-state index is 0.139. The number of aromatic nitrogens is 7. The maximum atomic E-state index is 12.4. The molecule has 0 aliphatic carbocycles. The number of hydrogen-bond acceptors (Lipinski definition) is 9. The Morgan fingerprint density at radius 1 is 1.00 bits per heavy atom. The lowest BCUT2D eigenvalue weighted by Gasteiger charge is -2.11. The van der Waals surface area contributed by atoms with E-state index >= 15 is 0 Å². The summed E-state index contributed by atoms with van der Waals surface area (Å²) in [6, 6.07) is 0. The monoisotopic (exact) mass is 377 g/mol. The summed E-state index contributed by atoms with van der Waals surface area (Å²) in [5, 5.41) is 0.573. The van der Waals surface area contributed by atoms with Crippen LogP contribution in [-0.4, -0.2) is 47.7 Å². The summed E-state index contributed by atoms with van der Waals surface area (Å²) in [5.74, 6) is 1.49. The Morgan fingerprint density at radius 2 is 1.69 bits per heavy atom. The van der Waals surface area contributed by atoms with Gasteiger partial charge in [0.1, 0.15) is 5.82 Å². The zero-order valence-electron chi connectivity index (χ0n) is 15.1. The van der Waals surface area contributed by atoms with Gasteiger partial charge >= 0.3 is 5.69 Å². The first-order chi connectivity index (χ1) is 12.2. The van der Waals surface area contributed by atoms with Crippen LogP contribution >= 0.6 is 11.8 Å². The third-order valence-corrected chi connectivity index (χ3v) is 4.88. The van der Waals surface area contributed by atoms with Crippen LogP contribution in [0.15, 0.2) is 14.7 Å². The molecule has 0 saturated carbocycles. The van der Waals surface area contributed by atoms with Crippen LogP contribution in [0.25, 0.3) is 11.2 Å². The lowest BCUT2D eigenvalue weighted by molar-refractivity contribution is 0.705. The van der Waals surface area contributed by atoms with Crippen molar-refractivity contribution in [1.82, 2.24) is 33.6 Å². The Balaban J connectivity index is 2.00. The Labute approximate surface area is 152 Å². The molecule has 0 fully saturated rings. The molecule has 0 saturated heterocycles. The van der Waals surface area contributed by atoms with Gasteiger partial charge in [0.15, 0.2) is 16.3 Å². The number of nitrogens with zero attached hydrogens (tertiary/aromatic N) is 8. The fourth-order valence-corrected chi connectivity index (χ4v) is 3.27. The Hall–Kier alpha value is -2.89. The molecule has 0 radical (unpaired) electrons. The SMILES string of the molecule is CN(C)c1nc(N)nc(CSc2nc3c(c(=O)n(C)c(=O)n3C)n2C)n1. The minimum Gasteiger partial charge on any atom is -0.368 e. The van der Waals surface area contributed by atoms with Gasteiger partial charge in [-0.3, -0.25) is 13.9 Å². The summed E-state index contributed by atoms with van der Waals surface area (Å²) in [7, 11) is 8.39. The highest BCUT2D eigenvalue weighted by molar-refractivity contribution is 7.98. The number of fused-ring (bicyclic) bond motifs is 1. The summed E-state index contributed by atoms with van der Waals surface area (Å²) in [6.45, 7) is 0. The first-order valence-electron chi connectivity index (χ1n) is 7.63. The van der Waals surface area contributed by atoms with E-state index in [1.807, 2.05) is 14.1 Å². The van der Waals surface area contributed by atoms with E-state index in [2.05, 4.69) is 19.9 Å². The lowest BCUT2D eigenvalue weighted by Crippen LogP contribution is -2.37. The van der Waals surface area contributed by atoms with Crippen molar-refractivity contribution in [3.63, 3.8) is 0 Å². The highest BCUT2D eigenvalue weighted by atomic mass is 32.2. The highest BCUT2D eigenvalue weighted by Crippen LogP contribution is 2.23. The highest BCUT2D eigenvalue weighted by Gasteiger charge is 2.18. The van der Waals surface area contributed by atoms with E-state index in [0.29, 0.717) is 33.8 Å². The van der Waals surface area contributed by atoms with Gasteiger partial charge in [0.2, 0.25) is 11.9 Å². The normalized spacial score (nSPS) is 11.3. The summed E-state index contributed by atoms with van der Waals surface area (Å²) >= 11 is 1.35. The molecule has 0 amide bonds. The third-order valence-electron chi connectivity index (χ3n) is 3.85. The number of imidazole rings is 1. The van der Waals surface area contributed by atoms with Crippen molar-refractivity contribution in [1.29, 1.82) is 0 Å². The Kier molecular flexibility index (Phi) is 4.44. The molecular formula is C14H19N9O2S. The molecule has 26 heavy (non-hydrogen) atoms. The molecule has 0 aliphatic heterocycles. The summed E-state index contributed by atoms with van der Waals surface area (Å²) < 4.78 is 4.08. The molecule has 0 aliphatic rings. The van der Waals surface area contributed by atoms with E-state index < -0.39 is 5.69 Å². The smallest absolute Gasteiger partial charge is 0.332 e. The third kappa shape index (κ3) is 2.92. The van der Waals surface area contributed by atoms with Crippen LogP contribution in [0.3, 0.4) is 0 Å². The zero-order valence-corrected chi connectivity index (χ0v) is 15.9. The molecule has 3 heterocycles. The van der Waals surface area contributed by atoms with Crippen molar-refractivity contribution < 1.29 is 0 Å². The average Bonchev–Trinajstić information content (AvgIpc) is 2.92. The fourth-order valence-electron chi connectivity index (χ4n) is 2.45. The number of rotatable bonds is 4. The molecule has 3 aromatic heterocycles. The molecule has 0 aromatic carbocycles.